The van der Waals surface area contributed by atoms with Gasteiger partial charge < -0.3 is 18.9 Å². The molecule has 0 aliphatic heterocycles. The standard InChI is InChI=1S/C24H23ClO5/c1-15-13-19(28-3)23(29-4)24(30-14-16-9-6-5-7-10-16)20(15)22(26)21-17(25)11-8-12-18(21)27-2/h5-13H,14H2,1-4H3. The Balaban J connectivity index is 2.17. The average molecular weight is 427 g/mol. The summed E-state index contributed by atoms with van der Waals surface area (Å²) in [5.41, 5.74) is 2.23. The Hall–Kier alpha value is -3.18. The van der Waals surface area contributed by atoms with Crippen molar-refractivity contribution < 1.29 is 23.7 Å². The van der Waals surface area contributed by atoms with Gasteiger partial charge in [0.05, 0.1) is 37.5 Å². The number of rotatable bonds is 8. The van der Waals surface area contributed by atoms with E-state index in [1.165, 1.54) is 21.3 Å². The lowest BCUT2D eigenvalue weighted by Crippen LogP contribution is -2.12. The summed E-state index contributed by atoms with van der Waals surface area (Å²) in [7, 11) is 4.54. The van der Waals surface area contributed by atoms with Crippen molar-refractivity contribution in [1.82, 2.24) is 0 Å². The summed E-state index contributed by atoms with van der Waals surface area (Å²) in [6.45, 7) is 2.07. The van der Waals surface area contributed by atoms with Crippen LogP contribution in [-0.2, 0) is 6.61 Å². The Morgan fingerprint density at radius 1 is 0.833 bits per heavy atom. The van der Waals surface area contributed by atoms with Gasteiger partial charge >= 0.3 is 0 Å². The zero-order chi connectivity index (χ0) is 21.7. The van der Waals surface area contributed by atoms with Crippen LogP contribution in [0.3, 0.4) is 0 Å². The molecule has 0 bridgehead atoms. The van der Waals surface area contributed by atoms with Crippen LogP contribution in [0.15, 0.2) is 54.6 Å². The Morgan fingerprint density at radius 2 is 1.53 bits per heavy atom. The third-order valence-corrected chi connectivity index (χ3v) is 5.01. The van der Waals surface area contributed by atoms with Gasteiger partial charge in [-0.25, -0.2) is 0 Å². The summed E-state index contributed by atoms with van der Waals surface area (Å²) in [5.74, 6) is 1.17. The number of hydrogen-bond donors (Lipinski definition) is 0. The summed E-state index contributed by atoms with van der Waals surface area (Å²) < 4.78 is 22.5. The molecule has 0 saturated carbocycles. The molecule has 3 rings (SSSR count). The smallest absolute Gasteiger partial charge is 0.204 e. The molecule has 0 fully saturated rings. The van der Waals surface area contributed by atoms with E-state index in [-0.39, 0.29) is 18.0 Å². The summed E-state index contributed by atoms with van der Waals surface area (Å²) in [4.78, 5) is 13.6. The van der Waals surface area contributed by atoms with E-state index < -0.39 is 0 Å². The molecule has 0 aliphatic rings. The SMILES string of the molecule is COc1cc(C)c(C(=O)c2c(Cl)cccc2OC)c(OCc2ccccc2)c1OC. The molecule has 0 atom stereocenters. The zero-order valence-electron chi connectivity index (χ0n) is 17.3. The maximum Gasteiger partial charge on any atom is 0.204 e. The summed E-state index contributed by atoms with van der Waals surface area (Å²) >= 11 is 6.37. The van der Waals surface area contributed by atoms with E-state index in [0.717, 1.165) is 5.56 Å². The van der Waals surface area contributed by atoms with E-state index in [2.05, 4.69) is 0 Å². The number of hydrogen-bond acceptors (Lipinski definition) is 5. The molecule has 3 aromatic rings. The van der Waals surface area contributed by atoms with Gasteiger partial charge in [-0.1, -0.05) is 48.0 Å². The fourth-order valence-corrected chi connectivity index (χ4v) is 3.50. The van der Waals surface area contributed by atoms with Crippen molar-refractivity contribution in [3.8, 4) is 23.0 Å². The maximum absolute atomic E-state index is 13.6. The van der Waals surface area contributed by atoms with Crippen molar-refractivity contribution in [1.29, 1.82) is 0 Å². The third-order valence-electron chi connectivity index (χ3n) is 4.70. The molecule has 6 heteroatoms. The first-order valence-corrected chi connectivity index (χ1v) is 9.69. The van der Waals surface area contributed by atoms with Crippen molar-refractivity contribution in [2.75, 3.05) is 21.3 Å². The van der Waals surface area contributed by atoms with Crippen LogP contribution >= 0.6 is 11.6 Å². The van der Waals surface area contributed by atoms with E-state index in [0.29, 0.717) is 39.1 Å². The highest BCUT2D eigenvalue weighted by Crippen LogP contribution is 2.44. The Bertz CT molecular complexity index is 1050. The quantitative estimate of drug-likeness (QED) is 0.446. The molecule has 3 aromatic carbocycles. The molecular formula is C24H23ClO5. The second-order valence-corrected chi connectivity index (χ2v) is 6.96. The average Bonchev–Trinajstić information content (AvgIpc) is 2.77. The van der Waals surface area contributed by atoms with Gasteiger partial charge in [0.1, 0.15) is 12.4 Å². The molecule has 156 valence electrons. The van der Waals surface area contributed by atoms with Crippen LogP contribution in [0.2, 0.25) is 5.02 Å². The van der Waals surface area contributed by atoms with Gasteiger partial charge in [0.2, 0.25) is 11.5 Å². The molecule has 0 aliphatic carbocycles. The fourth-order valence-electron chi connectivity index (χ4n) is 3.25. The molecule has 0 N–H and O–H groups in total. The fraction of sp³-hybridized carbons (Fsp3) is 0.208. The number of halogens is 1. The Morgan fingerprint density at radius 3 is 2.17 bits per heavy atom. The summed E-state index contributed by atoms with van der Waals surface area (Å²) in [6.07, 6.45) is 0. The summed E-state index contributed by atoms with van der Waals surface area (Å²) in [6, 6.07) is 16.5. The number of benzene rings is 3. The molecule has 0 spiro atoms. The molecule has 0 unspecified atom stereocenters. The van der Waals surface area contributed by atoms with Crippen LogP contribution in [0.5, 0.6) is 23.0 Å². The molecule has 30 heavy (non-hydrogen) atoms. The van der Waals surface area contributed by atoms with Gasteiger partial charge in [-0.2, -0.15) is 0 Å². The zero-order valence-corrected chi connectivity index (χ0v) is 18.1. The third kappa shape index (κ3) is 4.21. The van der Waals surface area contributed by atoms with Crippen molar-refractivity contribution in [2.45, 2.75) is 13.5 Å². The van der Waals surface area contributed by atoms with E-state index in [1.54, 1.807) is 24.3 Å². The lowest BCUT2D eigenvalue weighted by Gasteiger charge is -2.20. The van der Waals surface area contributed by atoms with Gasteiger partial charge in [-0.05, 0) is 36.2 Å². The van der Waals surface area contributed by atoms with Crippen LogP contribution in [0.1, 0.15) is 27.0 Å². The number of methoxy groups -OCH3 is 3. The molecule has 0 amide bonds. The minimum Gasteiger partial charge on any atom is -0.496 e. The topological polar surface area (TPSA) is 54.0 Å². The van der Waals surface area contributed by atoms with Crippen LogP contribution < -0.4 is 18.9 Å². The highest BCUT2D eigenvalue weighted by molar-refractivity contribution is 6.35. The minimum atomic E-state index is -0.320. The first kappa shape index (κ1) is 21.5. The highest BCUT2D eigenvalue weighted by atomic mass is 35.5. The monoisotopic (exact) mass is 426 g/mol. The molecule has 0 heterocycles. The van der Waals surface area contributed by atoms with Crippen LogP contribution in [0.25, 0.3) is 0 Å². The van der Waals surface area contributed by atoms with E-state index >= 15 is 0 Å². The van der Waals surface area contributed by atoms with E-state index in [4.69, 9.17) is 30.5 Å². The second kappa shape index (κ2) is 9.55. The van der Waals surface area contributed by atoms with Gasteiger partial charge in [0, 0.05) is 0 Å². The van der Waals surface area contributed by atoms with Crippen molar-refractivity contribution >= 4 is 17.4 Å². The largest absolute Gasteiger partial charge is 0.496 e. The number of carbonyl (C=O) groups is 1. The normalized spacial score (nSPS) is 10.4. The van der Waals surface area contributed by atoms with Gasteiger partial charge in [-0.3, -0.25) is 4.79 Å². The first-order chi connectivity index (χ1) is 14.5. The van der Waals surface area contributed by atoms with Crippen molar-refractivity contribution in [3.05, 3.63) is 81.9 Å². The number of ether oxygens (including phenoxy) is 4. The second-order valence-electron chi connectivity index (χ2n) is 6.55. The highest BCUT2D eigenvalue weighted by Gasteiger charge is 2.28. The van der Waals surface area contributed by atoms with Gasteiger partial charge in [0.15, 0.2) is 11.5 Å². The summed E-state index contributed by atoms with van der Waals surface area (Å²) in [5, 5.41) is 0.294. The lowest BCUT2D eigenvalue weighted by molar-refractivity contribution is 0.103. The van der Waals surface area contributed by atoms with E-state index in [9.17, 15) is 4.79 Å². The molecule has 5 nitrogen and oxygen atoms in total. The predicted octanol–water partition coefficient (Wildman–Crippen LogP) is 5.48. The molecular weight excluding hydrogens is 404 g/mol. The van der Waals surface area contributed by atoms with Crippen molar-refractivity contribution in [2.24, 2.45) is 0 Å². The maximum atomic E-state index is 13.6. The van der Waals surface area contributed by atoms with Gasteiger partial charge in [0.25, 0.3) is 0 Å². The molecule has 0 aromatic heterocycles. The number of carbonyl (C=O) groups excluding carboxylic acids is 1. The molecule has 0 saturated heterocycles. The van der Waals surface area contributed by atoms with Crippen molar-refractivity contribution in [3.63, 3.8) is 0 Å². The Kier molecular flexibility index (Phi) is 6.85. The Labute approximate surface area is 181 Å². The minimum absolute atomic E-state index is 0.254. The number of aryl methyl sites for hydroxylation is 1. The predicted molar refractivity (Wildman–Crippen MR) is 116 cm³/mol. The molecule has 0 radical (unpaired) electrons. The van der Waals surface area contributed by atoms with Crippen LogP contribution in [0.4, 0.5) is 0 Å². The lowest BCUT2D eigenvalue weighted by atomic mass is 9.96. The van der Waals surface area contributed by atoms with Crippen LogP contribution in [-0.4, -0.2) is 27.1 Å². The van der Waals surface area contributed by atoms with Crippen LogP contribution in [0, 0.1) is 6.92 Å². The first-order valence-electron chi connectivity index (χ1n) is 9.31. The van der Waals surface area contributed by atoms with E-state index in [1.807, 2.05) is 37.3 Å². The number of ketones is 1. The van der Waals surface area contributed by atoms with Gasteiger partial charge in [-0.15, -0.1) is 0 Å².